The van der Waals surface area contributed by atoms with E-state index in [0.29, 0.717) is 50.0 Å². The lowest BCUT2D eigenvalue weighted by Gasteiger charge is -2.34. The molecule has 1 aliphatic carbocycles. The lowest BCUT2D eigenvalue weighted by Crippen LogP contribution is -2.42. The van der Waals surface area contributed by atoms with Crippen molar-refractivity contribution in [1.29, 1.82) is 0 Å². The molecule has 12 heteroatoms. The Morgan fingerprint density at radius 1 is 0.709 bits per heavy atom. The van der Waals surface area contributed by atoms with Gasteiger partial charge in [-0.2, -0.15) is 4.31 Å². The van der Waals surface area contributed by atoms with Gasteiger partial charge < -0.3 is 20.6 Å². The highest BCUT2D eigenvalue weighted by Crippen LogP contribution is 2.32. The van der Waals surface area contributed by atoms with E-state index in [1.165, 1.54) is 28.6 Å². The molecule has 4 aromatic rings. The van der Waals surface area contributed by atoms with Gasteiger partial charge in [-0.15, -0.1) is 0 Å². The Morgan fingerprint density at radius 3 is 1.89 bits per heavy atom. The number of amides is 2. The summed E-state index contributed by atoms with van der Waals surface area (Å²) in [4.78, 5) is 52.7. The number of carbonyl (C=O) groups excluding carboxylic acids is 3. The summed E-state index contributed by atoms with van der Waals surface area (Å²) in [6.07, 6.45) is 3.28. The van der Waals surface area contributed by atoms with Crippen LogP contribution in [0, 0.1) is 5.92 Å². The van der Waals surface area contributed by atoms with Gasteiger partial charge in [0.1, 0.15) is 0 Å². The number of carboxylic acid groups (broad SMARTS) is 1. The second-order valence-electron chi connectivity index (χ2n) is 13.8. The molecule has 0 saturated heterocycles. The van der Waals surface area contributed by atoms with Crippen LogP contribution in [0.25, 0.3) is 0 Å². The number of Topliss-reactive ketones (excluding diaryl/α,β-unsaturated/α-hetero) is 1. The monoisotopic (exact) mass is 766 g/mol. The highest BCUT2D eigenvalue weighted by molar-refractivity contribution is 7.89. The van der Waals surface area contributed by atoms with Gasteiger partial charge in [0.2, 0.25) is 10.0 Å². The molecular formula is C43H50N4O7S. The van der Waals surface area contributed by atoms with Crippen molar-refractivity contribution in [3.05, 3.63) is 119 Å². The number of aliphatic carboxylic acids is 1. The summed E-state index contributed by atoms with van der Waals surface area (Å²) >= 11 is 0. The zero-order valence-corrected chi connectivity index (χ0v) is 32.7. The summed E-state index contributed by atoms with van der Waals surface area (Å²) in [7, 11) is -4.00. The van der Waals surface area contributed by atoms with Crippen LogP contribution in [-0.2, 0) is 27.7 Å². The molecule has 0 radical (unpaired) electrons. The number of anilines is 3. The summed E-state index contributed by atoms with van der Waals surface area (Å²) in [6, 6.07) is 25.9. The molecule has 290 valence electrons. The molecule has 1 fully saturated rings. The predicted octanol–water partition coefficient (Wildman–Crippen LogP) is 7.68. The first-order valence-electron chi connectivity index (χ1n) is 18.9. The minimum absolute atomic E-state index is 0.0339. The molecule has 0 bridgehead atoms. The highest BCUT2D eigenvalue weighted by atomic mass is 32.2. The van der Waals surface area contributed by atoms with Crippen LogP contribution < -0.4 is 15.5 Å². The SMILES string of the molecule is CCN(CC)c1ccc(NC(=O)c2cccc(S(=O)(=O)N(CC)C3CCC(C(=O)O)CC3)c2)c(C(=O)Nc2ccc(CCc3ccc(C(C)=O)cc3)cc2)c1. The first kappa shape index (κ1) is 40.8. The van der Waals surface area contributed by atoms with Crippen LogP contribution in [0.3, 0.4) is 0 Å². The number of hydrogen-bond donors (Lipinski definition) is 3. The van der Waals surface area contributed by atoms with E-state index in [4.69, 9.17) is 0 Å². The molecule has 55 heavy (non-hydrogen) atoms. The molecule has 0 heterocycles. The Kier molecular flexibility index (Phi) is 13.6. The van der Waals surface area contributed by atoms with Crippen molar-refractivity contribution in [1.82, 2.24) is 4.31 Å². The quantitative estimate of drug-likeness (QED) is 0.0983. The minimum atomic E-state index is -4.00. The van der Waals surface area contributed by atoms with Gasteiger partial charge in [0.25, 0.3) is 11.8 Å². The van der Waals surface area contributed by atoms with Crippen LogP contribution in [0.15, 0.2) is 95.9 Å². The van der Waals surface area contributed by atoms with Crippen molar-refractivity contribution in [2.75, 3.05) is 35.2 Å². The predicted molar refractivity (Wildman–Crippen MR) is 216 cm³/mol. The normalized spacial score (nSPS) is 15.7. The third-order valence-corrected chi connectivity index (χ3v) is 12.4. The van der Waals surface area contributed by atoms with E-state index in [9.17, 15) is 32.7 Å². The molecule has 0 unspecified atom stereocenters. The summed E-state index contributed by atoms with van der Waals surface area (Å²) in [5.74, 6) is -2.30. The van der Waals surface area contributed by atoms with Crippen molar-refractivity contribution in [3.8, 4) is 0 Å². The van der Waals surface area contributed by atoms with Crippen LogP contribution in [0.4, 0.5) is 17.1 Å². The standard InChI is InChI=1S/C43H50N4O7S/c1-5-46(6-2)37-25-26-40(39(28-37)42(50)44-35-21-15-31(16-22-35)12-11-30-13-17-32(18-14-30)29(4)48)45-41(49)34-9-8-10-38(27-34)55(53,54)47(7-3)36-23-19-33(20-24-36)43(51)52/h8-10,13-18,21-22,25-28,33,36H,5-7,11-12,19-20,23-24H2,1-4H3,(H,44,50)(H,45,49)(H,51,52). The Labute approximate surface area is 323 Å². The van der Waals surface area contributed by atoms with E-state index in [1.54, 1.807) is 26.0 Å². The molecule has 0 aliphatic heterocycles. The van der Waals surface area contributed by atoms with Gasteiger partial charge in [-0.1, -0.05) is 49.4 Å². The second kappa shape index (κ2) is 18.3. The number of rotatable bonds is 16. The van der Waals surface area contributed by atoms with Gasteiger partial charge in [-0.25, -0.2) is 8.42 Å². The number of nitrogens with zero attached hydrogens (tertiary/aromatic N) is 2. The molecule has 5 rings (SSSR count). The summed E-state index contributed by atoms with van der Waals surface area (Å²) in [6.45, 7) is 8.96. The van der Waals surface area contributed by atoms with Crippen LogP contribution in [-0.4, -0.2) is 67.1 Å². The third-order valence-electron chi connectivity index (χ3n) is 10.4. The minimum Gasteiger partial charge on any atom is -0.481 e. The van der Waals surface area contributed by atoms with Gasteiger partial charge in [-0.3, -0.25) is 19.2 Å². The fourth-order valence-corrected chi connectivity index (χ4v) is 8.87. The zero-order valence-electron chi connectivity index (χ0n) is 31.9. The maximum Gasteiger partial charge on any atom is 0.306 e. The number of carbonyl (C=O) groups is 4. The van der Waals surface area contributed by atoms with Gasteiger partial charge in [0.05, 0.1) is 22.1 Å². The van der Waals surface area contributed by atoms with E-state index in [2.05, 4.69) is 15.5 Å². The number of carboxylic acids is 1. The number of aryl methyl sites for hydroxylation is 2. The van der Waals surface area contributed by atoms with Crippen LogP contribution >= 0.6 is 0 Å². The Hall–Kier alpha value is -5.33. The maximum atomic E-state index is 13.9. The largest absolute Gasteiger partial charge is 0.481 e. The molecule has 0 aromatic heterocycles. The number of benzene rings is 4. The van der Waals surface area contributed by atoms with E-state index in [0.717, 1.165) is 29.7 Å². The van der Waals surface area contributed by atoms with E-state index in [1.807, 2.05) is 68.4 Å². The summed E-state index contributed by atoms with van der Waals surface area (Å²) in [5.41, 5.74) is 4.91. The molecule has 1 saturated carbocycles. The van der Waals surface area contributed by atoms with Gasteiger partial charge in [0.15, 0.2) is 5.78 Å². The zero-order chi connectivity index (χ0) is 39.7. The number of nitrogens with one attached hydrogen (secondary N) is 2. The molecule has 1 aliphatic rings. The third kappa shape index (κ3) is 10.1. The molecular weight excluding hydrogens is 717 g/mol. The smallest absolute Gasteiger partial charge is 0.306 e. The van der Waals surface area contributed by atoms with Gasteiger partial charge in [-0.05, 0) is 119 Å². The summed E-state index contributed by atoms with van der Waals surface area (Å²) < 4.78 is 29.1. The van der Waals surface area contributed by atoms with Crippen molar-refractivity contribution in [2.45, 2.75) is 77.2 Å². The van der Waals surface area contributed by atoms with Crippen molar-refractivity contribution >= 4 is 50.7 Å². The number of hydrogen-bond acceptors (Lipinski definition) is 7. The van der Waals surface area contributed by atoms with E-state index in [-0.39, 0.29) is 40.1 Å². The topological polar surface area (TPSA) is 153 Å². The fraction of sp³-hybridized carbons (Fsp3) is 0.349. The number of ketones is 1. The number of sulfonamides is 1. The second-order valence-corrected chi connectivity index (χ2v) is 15.7. The van der Waals surface area contributed by atoms with Crippen LogP contribution in [0.1, 0.15) is 95.6 Å². The average molecular weight is 767 g/mol. The van der Waals surface area contributed by atoms with E-state index < -0.39 is 33.7 Å². The lowest BCUT2D eigenvalue weighted by molar-refractivity contribution is -0.143. The van der Waals surface area contributed by atoms with Crippen molar-refractivity contribution < 1.29 is 32.7 Å². The highest BCUT2D eigenvalue weighted by Gasteiger charge is 2.35. The first-order chi connectivity index (χ1) is 26.3. The van der Waals surface area contributed by atoms with Gasteiger partial charge >= 0.3 is 5.97 Å². The lowest BCUT2D eigenvalue weighted by atomic mass is 9.86. The summed E-state index contributed by atoms with van der Waals surface area (Å²) in [5, 5.41) is 15.2. The Morgan fingerprint density at radius 2 is 1.33 bits per heavy atom. The molecule has 0 spiro atoms. The Balaban J connectivity index is 1.32. The van der Waals surface area contributed by atoms with Crippen LogP contribution in [0.5, 0.6) is 0 Å². The van der Waals surface area contributed by atoms with Crippen molar-refractivity contribution in [3.63, 3.8) is 0 Å². The molecule has 3 N–H and O–H groups in total. The first-order valence-corrected chi connectivity index (χ1v) is 20.3. The Bertz CT molecular complexity index is 2110. The molecule has 0 atom stereocenters. The molecule has 11 nitrogen and oxygen atoms in total. The average Bonchev–Trinajstić information content (AvgIpc) is 3.19. The van der Waals surface area contributed by atoms with Crippen molar-refractivity contribution in [2.24, 2.45) is 5.92 Å². The van der Waals surface area contributed by atoms with Gasteiger partial charge in [0, 0.05) is 48.2 Å². The van der Waals surface area contributed by atoms with Crippen LogP contribution in [0.2, 0.25) is 0 Å². The fourth-order valence-electron chi connectivity index (χ4n) is 7.13. The molecule has 2 amide bonds. The maximum absolute atomic E-state index is 13.9. The van der Waals surface area contributed by atoms with E-state index >= 15 is 0 Å². The molecule has 4 aromatic carbocycles.